The second kappa shape index (κ2) is 12.9. The highest BCUT2D eigenvalue weighted by atomic mass is 16.5. The van der Waals surface area contributed by atoms with Crippen LogP contribution >= 0.6 is 0 Å². The second-order valence-corrected chi connectivity index (χ2v) is 6.42. The Morgan fingerprint density at radius 1 is 0.967 bits per heavy atom. The number of rotatable bonds is 13. The van der Waals surface area contributed by atoms with Gasteiger partial charge in [0.15, 0.2) is 0 Å². The van der Waals surface area contributed by atoms with Gasteiger partial charge in [-0.3, -0.25) is 24.4 Å². The number of nitrogens with one attached hydrogen (secondary N) is 2. The summed E-state index contributed by atoms with van der Waals surface area (Å²) < 4.78 is 0. The minimum Gasteiger partial charge on any atom is -0.481 e. The molecule has 0 spiro atoms. The molecule has 0 aliphatic carbocycles. The average molecular weight is 423 g/mol. The van der Waals surface area contributed by atoms with Crippen LogP contribution in [0.3, 0.4) is 0 Å². The zero-order valence-electron chi connectivity index (χ0n) is 16.2. The van der Waals surface area contributed by atoms with Crippen LogP contribution < -0.4 is 10.6 Å². The highest BCUT2D eigenvalue weighted by molar-refractivity contribution is 5.94. The third kappa shape index (κ3) is 9.64. The van der Waals surface area contributed by atoms with Gasteiger partial charge in [-0.1, -0.05) is 18.2 Å². The fraction of sp³-hybridized carbons (Fsp3) is 0.421. The summed E-state index contributed by atoms with van der Waals surface area (Å²) in [5.74, 6) is -4.54. The summed E-state index contributed by atoms with van der Waals surface area (Å²) in [6, 6.07) is 7.18. The molecule has 0 aromatic heterocycles. The van der Waals surface area contributed by atoms with Crippen LogP contribution in [0.15, 0.2) is 30.3 Å². The molecule has 1 rings (SSSR count). The number of nitrogens with zero attached hydrogens (tertiary/aromatic N) is 1. The molecule has 1 aromatic rings. The molecular formula is C19H25N3O8. The largest absolute Gasteiger partial charge is 0.481 e. The first-order valence-corrected chi connectivity index (χ1v) is 9.27. The van der Waals surface area contributed by atoms with E-state index in [9.17, 15) is 29.2 Å². The molecule has 11 nitrogen and oxygen atoms in total. The highest BCUT2D eigenvalue weighted by Crippen LogP contribution is 2.02. The summed E-state index contributed by atoms with van der Waals surface area (Å²) in [4.78, 5) is 57.0. The normalized spacial score (nSPS) is 11.2. The zero-order valence-corrected chi connectivity index (χ0v) is 16.2. The van der Waals surface area contributed by atoms with E-state index in [-0.39, 0.29) is 23.8 Å². The topological polar surface area (TPSA) is 173 Å². The van der Waals surface area contributed by atoms with Crippen LogP contribution in [-0.4, -0.2) is 69.3 Å². The molecule has 0 saturated heterocycles. The molecule has 0 fully saturated rings. The van der Waals surface area contributed by atoms with Gasteiger partial charge in [0.25, 0.3) is 5.91 Å². The van der Waals surface area contributed by atoms with Gasteiger partial charge >= 0.3 is 11.9 Å². The highest BCUT2D eigenvalue weighted by Gasteiger charge is 2.23. The number of hydrogen-bond donors (Lipinski definition) is 5. The number of carbonyl (C=O) groups excluding carboxylic acids is 3. The predicted octanol–water partition coefficient (Wildman–Crippen LogP) is 0.239. The number of carbonyl (C=O) groups is 5. The summed E-state index contributed by atoms with van der Waals surface area (Å²) in [5, 5.41) is 32.2. The van der Waals surface area contributed by atoms with Gasteiger partial charge in [-0.2, -0.15) is 0 Å². The van der Waals surface area contributed by atoms with Gasteiger partial charge in [-0.15, -0.1) is 0 Å². The van der Waals surface area contributed by atoms with Crippen molar-refractivity contribution < 1.29 is 39.4 Å². The Bertz CT molecular complexity index is 753. The van der Waals surface area contributed by atoms with Gasteiger partial charge in [0.2, 0.25) is 11.8 Å². The molecule has 0 aliphatic rings. The Morgan fingerprint density at radius 3 is 2.23 bits per heavy atom. The number of aliphatic carboxylic acids is 2. The van der Waals surface area contributed by atoms with Crippen molar-refractivity contribution >= 4 is 29.7 Å². The van der Waals surface area contributed by atoms with Crippen LogP contribution in [0.1, 0.15) is 42.5 Å². The Morgan fingerprint density at radius 2 is 1.63 bits per heavy atom. The molecule has 164 valence electrons. The van der Waals surface area contributed by atoms with E-state index < -0.39 is 42.8 Å². The lowest BCUT2D eigenvalue weighted by molar-refractivity contribution is -0.169. The third-order valence-electron chi connectivity index (χ3n) is 4.00. The van der Waals surface area contributed by atoms with Gasteiger partial charge in [-0.25, -0.2) is 9.86 Å². The van der Waals surface area contributed by atoms with Crippen molar-refractivity contribution in [2.24, 2.45) is 0 Å². The lowest BCUT2D eigenvalue weighted by atomic mass is 10.1. The third-order valence-corrected chi connectivity index (χ3v) is 4.00. The standard InChI is InChI=1S/C19H25N3O8/c23-15(21-14(19(28)29)9-10-17(25)26)12-22(30)16(24)8-4-5-11-20-18(27)13-6-2-1-3-7-13/h1-3,6-7,14,30H,4-5,8-12H2,(H,20,27)(H,21,23)(H,25,26)(H,28,29)/t14-/m0/s1. The monoisotopic (exact) mass is 423 g/mol. The molecule has 11 heteroatoms. The van der Waals surface area contributed by atoms with E-state index in [1.165, 1.54) is 0 Å². The van der Waals surface area contributed by atoms with Crippen molar-refractivity contribution in [1.82, 2.24) is 15.7 Å². The lowest BCUT2D eigenvalue weighted by Gasteiger charge is -2.17. The maximum atomic E-state index is 11.8. The molecule has 1 atom stereocenters. The predicted molar refractivity (Wildman–Crippen MR) is 103 cm³/mol. The van der Waals surface area contributed by atoms with Crippen LogP contribution in [-0.2, 0) is 19.2 Å². The summed E-state index contributed by atoms with van der Waals surface area (Å²) in [6.07, 6.45) is -0.0414. The van der Waals surface area contributed by atoms with E-state index in [1.807, 2.05) is 0 Å². The molecule has 0 bridgehead atoms. The second-order valence-electron chi connectivity index (χ2n) is 6.42. The molecule has 0 radical (unpaired) electrons. The molecule has 0 unspecified atom stereocenters. The Balaban J connectivity index is 2.28. The van der Waals surface area contributed by atoms with E-state index in [2.05, 4.69) is 10.6 Å². The lowest BCUT2D eigenvalue weighted by Crippen LogP contribution is -2.46. The van der Waals surface area contributed by atoms with Gasteiger partial charge in [0, 0.05) is 24.9 Å². The maximum Gasteiger partial charge on any atom is 0.326 e. The van der Waals surface area contributed by atoms with Crippen LogP contribution in [0.25, 0.3) is 0 Å². The van der Waals surface area contributed by atoms with Crippen molar-refractivity contribution in [3.8, 4) is 0 Å². The van der Waals surface area contributed by atoms with E-state index in [1.54, 1.807) is 30.3 Å². The molecular weight excluding hydrogens is 398 g/mol. The first kappa shape index (κ1) is 24.6. The van der Waals surface area contributed by atoms with Gasteiger partial charge in [0.05, 0.1) is 0 Å². The number of carboxylic acids is 2. The van der Waals surface area contributed by atoms with E-state index >= 15 is 0 Å². The van der Waals surface area contributed by atoms with Crippen LogP contribution in [0.2, 0.25) is 0 Å². The summed E-state index contributed by atoms with van der Waals surface area (Å²) in [6.45, 7) is -0.447. The number of hydroxylamine groups is 2. The smallest absolute Gasteiger partial charge is 0.326 e. The Hall–Kier alpha value is -3.47. The molecule has 0 aliphatic heterocycles. The van der Waals surface area contributed by atoms with Crippen molar-refractivity contribution in [2.45, 2.75) is 38.1 Å². The SMILES string of the molecule is O=C(O)CC[C@H](NC(=O)CN(O)C(=O)CCCCNC(=O)c1ccccc1)C(=O)O. The van der Waals surface area contributed by atoms with Crippen molar-refractivity contribution in [1.29, 1.82) is 0 Å². The minimum atomic E-state index is -1.44. The van der Waals surface area contributed by atoms with Crippen molar-refractivity contribution in [2.75, 3.05) is 13.1 Å². The van der Waals surface area contributed by atoms with E-state index in [0.717, 1.165) is 0 Å². The summed E-state index contributed by atoms with van der Waals surface area (Å²) >= 11 is 0. The molecule has 0 saturated carbocycles. The summed E-state index contributed by atoms with van der Waals surface area (Å²) in [7, 11) is 0. The van der Waals surface area contributed by atoms with Gasteiger partial charge in [0.1, 0.15) is 12.6 Å². The molecule has 0 heterocycles. The first-order chi connectivity index (χ1) is 14.2. The fourth-order valence-electron chi connectivity index (χ4n) is 2.41. The molecule has 5 N–H and O–H groups in total. The Kier molecular flexibility index (Phi) is 10.6. The maximum absolute atomic E-state index is 11.8. The number of benzene rings is 1. The summed E-state index contributed by atoms with van der Waals surface area (Å²) in [5.41, 5.74) is 0.518. The Labute approximate surface area is 172 Å². The van der Waals surface area contributed by atoms with Crippen LogP contribution in [0.4, 0.5) is 0 Å². The molecule has 30 heavy (non-hydrogen) atoms. The number of hydrogen-bond acceptors (Lipinski definition) is 6. The number of carboxylic acid groups (broad SMARTS) is 2. The van der Waals surface area contributed by atoms with Gasteiger partial charge < -0.3 is 20.8 Å². The fourth-order valence-corrected chi connectivity index (χ4v) is 2.41. The quantitative estimate of drug-likeness (QED) is 0.170. The first-order valence-electron chi connectivity index (χ1n) is 9.27. The number of amides is 3. The molecule has 1 aromatic carbocycles. The van der Waals surface area contributed by atoms with Crippen LogP contribution in [0, 0.1) is 0 Å². The van der Waals surface area contributed by atoms with Gasteiger partial charge in [-0.05, 0) is 31.4 Å². The zero-order chi connectivity index (χ0) is 22.5. The van der Waals surface area contributed by atoms with E-state index in [0.29, 0.717) is 24.9 Å². The van der Waals surface area contributed by atoms with Crippen molar-refractivity contribution in [3.63, 3.8) is 0 Å². The van der Waals surface area contributed by atoms with E-state index in [4.69, 9.17) is 10.2 Å². The minimum absolute atomic E-state index is 0.0770. The number of unbranched alkanes of at least 4 members (excludes halogenated alkanes) is 1. The van der Waals surface area contributed by atoms with Crippen LogP contribution in [0.5, 0.6) is 0 Å². The van der Waals surface area contributed by atoms with Crippen molar-refractivity contribution in [3.05, 3.63) is 35.9 Å². The molecule has 3 amide bonds. The average Bonchev–Trinajstić information content (AvgIpc) is 2.70.